The highest BCUT2D eigenvalue weighted by atomic mass is 16.5. The van der Waals surface area contributed by atoms with E-state index in [2.05, 4.69) is 29.4 Å². The first-order valence-electron chi connectivity index (χ1n) is 8.72. The van der Waals surface area contributed by atoms with E-state index in [0.717, 1.165) is 22.4 Å². The largest absolute Gasteiger partial charge is 0.497 e. The van der Waals surface area contributed by atoms with Crippen LogP contribution in [0.15, 0.2) is 65.8 Å². The summed E-state index contributed by atoms with van der Waals surface area (Å²) in [5.74, 6) is 0.889. The third-order valence-electron chi connectivity index (χ3n) is 4.61. The van der Waals surface area contributed by atoms with Gasteiger partial charge in [0, 0.05) is 12.6 Å². The lowest BCUT2D eigenvalue weighted by Gasteiger charge is -2.10. The number of amides is 1. The van der Waals surface area contributed by atoms with Crippen LogP contribution in [0.2, 0.25) is 0 Å². The maximum Gasteiger partial charge on any atom is 0.259 e. The van der Waals surface area contributed by atoms with Crippen molar-refractivity contribution in [2.45, 2.75) is 13.3 Å². The molecule has 134 valence electrons. The number of hydrogen-bond acceptors (Lipinski definition) is 4. The van der Waals surface area contributed by atoms with Gasteiger partial charge in [0.2, 0.25) is 0 Å². The summed E-state index contributed by atoms with van der Waals surface area (Å²) in [6.07, 6.45) is 2.31. The predicted octanol–water partition coefficient (Wildman–Crippen LogP) is 4.33. The predicted molar refractivity (Wildman–Crippen MR) is 106 cm³/mol. The van der Waals surface area contributed by atoms with E-state index in [1.54, 1.807) is 31.5 Å². The Balaban J connectivity index is 1.74. The first-order chi connectivity index (χ1) is 13.2. The fourth-order valence-corrected chi connectivity index (χ4v) is 3.25. The van der Waals surface area contributed by atoms with E-state index in [4.69, 9.17) is 9.73 Å². The maximum atomic E-state index is 12.9. The summed E-state index contributed by atoms with van der Waals surface area (Å²) in [6.45, 7) is 2.07. The molecular weight excluding hydrogens is 338 g/mol. The van der Waals surface area contributed by atoms with Gasteiger partial charge < -0.3 is 10.1 Å². The molecule has 0 atom stereocenters. The zero-order valence-electron chi connectivity index (χ0n) is 15.2. The number of anilines is 1. The topological polar surface area (TPSA) is 63.6 Å². The van der Waals surface area contributed by atoms with E-state index in [1.807, 2.05) is 24.3 Å². The van der Waals surface area contributed by atoms with Gasteiger partial charge in [-0.15, -0.1) is 0 Å². The van der Waals surface area contributed by atoms with Crippen molar-refractivity contribution < 1.29 is 9.53 Å². The van der Waals surface area contributed by atoms with Gasteiger partial charge in [-0.2, -0.15) is 0 Å². The molecule has 0 bridgehead atoms. The molecule has 3 aromatic rings. The van der Waals surface area contributed by atoms with E-state index in [9.17, 15) is 4.79 Å². The third-order valence-corrected chi connectivity index (χ3v) is 4.61. The van der Waals surface area contributed by atoms with Crippen molar-refractivity contribution in [3.05, 3.63) is 83.0 Å². The molecule has 5 nitrogen and oxygen atoms in total. The molecule has 5 heteroatoms. The van der Waals surface area contributed by atoms with Gasteiger partial charge in [-0.05, 0) is 47.9 Å². The minimum Gasteiger partial charge on any atom is -0.497 e. The van der Waals surface area contributed by atoms with Crippen LogP contribution in [0.1, 0.15) is 27.0 Å². The number of pyridine rings is 1. The van der Waals surface area contributed by atoms with Crippen molar-refractivity contribution in [3.63, 3.8) is 0 Å². The number of methoxy groups -OCH3 is 1. The minimum atomic E-state index is -0.251. The number of aryl methyl sites for hydroxylation is 1. The summed E-state index contributed by atoms with van der Waals surface area (Å²) < 4.78 is 5.40. The molecule has 2 aromatic carbocycles. The van der Waals surface area contributed by atoms with E-state index in [1.165, 1.54) is 0 Å². The summed E-state index contributed by atoms with van der Waals surface area (Å²) in [5.41, 5.74) is 5.39. The monoisotopic (exact) mass is 357 g/mol. The average molecular weight is 357 g/mol. The minimum absolute atomic E-state index is 0.251. The SMILES string of the molecule is COc1cc2c(c(C(=O)Nc3ccccn3)c1)N=C(c1ccccc1C)C2. The maximum absolute atomic E-state index is 12.9. The van der Waals surface area contributed by atoms with Crippen molar-refractivity contribution in [1.82, 2.24) is 4.98 Å². The highest BCUT2D eigenvalue weighted by molar-refractivity contribution is 6.13. The normalized spacial score (nSPS) is 12.3. The van der Waals surface area contributed by atoms with Crippen LogP contribution in [0.25, 0.3) is 0 Å². The summed E-state index contributed by atoms with van der Waals surface area (Å²) in [7, 11) is 1.60. The summed E-state index contributed by atoms with van der Waals surface area (Å²) in [5, 5.41) is 2.83. The average Bonchev–Trinajstić information content (AvgIpc) is 3.12. The summed E-state index contributed by atoms with van der Waals surface area (Å²) >= 11 is 0. The van der Waals surface area contributed by atoms with Crippen molar-refractivity contribution in [1.29, 1.82) is 0 Å². The fourth-order valence-electron chi connectivity index (χ4n) is 3.25. The number of rotatable bonds is 4. The fraction of sp³-hybridized carbons (Fsp3) is 0.136. The molecule has 0 spiro atoms. The Bertz CT molecular complexity index is 1040. The second-order valence-electron chi connectivity index (χ2n) is 6.40. The molecule has 0 radical (unpaired) electrons. The van der Waals surface area contributed by atoms with Gasteiger partial charge in [-0.25, -0.2) is 4.98 Å². The number of nitrogens with one attached hydrogen (secondary N) is 1. The molecule has 1 aliphatic rings. The number of aliphatic imine (C=N–C) groups is 1. The van der Waals surface area contributed by atoms with E-state index >= 15 is 0 Å². The van der Waals surface area contributed by atoms with Gasteiger partial charge in [0.05, 0.1) is 24.1 Å². The molecule has 4 rings (SSSR count). The quantitative estimate of drug-likeness (QED) is 0.756. The van der Waals surface area contributed by atoms with Gasteiger partial charge in [-0.1, -0.05) is 30.3 Å². The number of fused-ring (bicyclic) bond motifs is 1. The zero-order valence-corrected chi connectivity index (χ0v) is 15.2. The number of hydrogen-bond donors (Lipinski definition) is 1. The first kappa shape index (κ1) is 17.0. The van der Waals surface area contributed by atoms with Crippen LogP contribution >= 0.6 is 0 Å². The standard InChI is InChI=1S/C22H19N3O2/c1-14-7-3-4-8-17(14)19-12-15-11-16(27-2)13-18(21(15)24-19)22(26)25-20-9-5-6-10-23-20/h3-11,13H,12H2,1-2H3,(H,23,25,26). The van der Waals surface area contributed by atoms with Gasteiger partial charge in [-0.3, -0.25) is 9.79 Å². The Morgan fingerprint density at radius 1 is 1.11 bits per heavy atom. The second kappa shape index (κ2) is 7.03. The van der Waals surface area contributed by atoms with Crippen LogP contribution in [-0.2, 0) is 6.42 Å². The molecule has 2 heterocycles. The van der Waals surface area contributed by atoms with Crippen LogP contribution < -0.4 is 10.1 Å². The first-order valence-corrected chi connectivity index (χ1v) is 8.72. The molecule has 1 amide bonds. The molecule has 1 aliphatic heterocycles. The molecule has 0 saturated carbocycles. The Labute approximate surface area is 157 Å². The summed E-state index contributed by atoms with van der Waals surface area (Å²) in [6, 6.07) is 17.2. The number of ether oxygens (including phenoxy) is 1. The van der Waals surface area contributed by atoms with Crippen molar-refractivity contribution in [2.24, 2.45) is 4.99 Å². The molecule has 0 saturated heterocycles. The van der Waals surface area contributed by atoms with Gasteiger partial charge >= 0.3 is 0 Å². The highest BCUT2D eigenvalue weighted by Crippen LogP contribution is 2.36. The molecule has 1 N–H and O–H groups in total. The number of carbonyl (C=O) groups is 1. The number of nitrogens with zero attached hydrogens (tertiary/aromatic N) is 2. The van der Waals surface area contributed by atoms with Crippen molar-refractivity contribution in [3.8, 4) is 5.75 Å². The Morgan fingerprint density at radius 2 is 1.93 bits per heavy atom. The molecule has 0 fully saturated rings. The number of aromatic nitrogens is 1. The van der Waals surface area contributed by atoms with Crippen molar-refractivity contribution in [2.75, 3.05) is 12.4 Å². The van der Waals surface area contributed by atoms with E-state index in [0.29, 0.717) is 29.2 Å². The molecular formula is C22H19N3O2. The Morgan fingerprint density at radius 3 is 2.67 bits per heavy atom. The Hall–Kier alpha value is -3.47. The summed E-state index contributed by atoms with van der Waals surface area (Å²) in [4.78, 5) is 21.8. The van der Waals surface area contributed by atoms with Gasteiger partial charge in [0.1, 0.15) is 11.6 Å². The van der Waals surface area contributed by atoms with Crippen LogP contribution in [0.5, 0.6) is 5.75 Å². The lowest BCUT2D eigenvalue weighted by molar-refractivity contribution is 0.102. The van der Waals surface area contributed by atoms with E-state index < -0.39 is 0 Å². The number of benzene rings is 2. The van der Waals surface area contributed by atoms with Gasteiger partial charge in [0.15, 0.2) is 0 Å². The van der Waals surface area contributed by atoms with Crippen LogP contribution in [0.3, 0.4) is 0 Å². The van der Waals surface area contributed by atoms with Crippen LogP contribution in [0.4, 0.5) is 11.5 Å². The second-order valence-corrected chi connectivity index (χ2v) is 6.40. The molecule has 27 heavy (non-hydrogen) atoms. The van der Waals surface area contributed by atoms with E-state index in [-0.39, 0.29) is 5.91 Å². The lowest BCUT2D eigenvalue weighted by Crippen LogP contribution is -2.13. The molecule has 0 unspecified atom stereocenters. The number of carbonyl (C=O) groups excluding carboxylic acids is 1. The van der Waals surface area contributed by atoms with Crippen molar-refractivity contribution >= 4 is 23.1 Å². The smallest absolute Gasteiger partial charge is 0.259 e. The lowest BCUT2D eigenvalue weighted by atomic mass is 9.99. The Kier molecular flexibility index (Phi) is 4.42. The molecule has 0 aliphatic carbocycles. The van der Waals surface area contributed by atoms with Gasteiger partial charge in [0.25, 0.3) is 5.91 Å². The molecule has 1 aromatic heterocycles. The van der Waals surface area contributed by atoms with Crippen LogP contribution in [-0.4, -0.2) is 23.7 Å². The zero-order chi connectivity index (χ0) is 18.8. The third kappa shape index (κ3) is 3.31. The van der Waals surface area contributed by atoms with Crippen LogP contribution in [0, 0.1) is 6.92 Å². The highest BCUT2D eigenvalue weighted by Gasteiger charge is 2.24.